The van der Waals surface area contributed by atoms with Crippen LogP contribution in [0.15, 0.2) is 28.0 Å². The molecule has 2 nitrogen and oxygen atoms in total. The van der Waals surface area contributed by atoms with Crippen molar-refractivity contribution in [3.8, 4) is 0 Å². The lowest BCUT2D eigenvalue weighted by Crippen LogP contribution is -2.01. The lowest BCUT2D eigenvalue weighted by molar-refractivity contribution is 1.02. The molecule has 0 bridgehead atoms. The van der Waals surface area contributed by atoms with Gasteiger partial charge in [0.05, 0.1) is 5.70 Å². The standard InChI is InChI=1S/C11H20N2/c1-6-9(4)7-11(12)10(5)13-8(2)3/h6H,7,12H2,1-5H3/b9-6+,11-10-. The summed E-state index contributed by atoms with van der Waals surface area (Å²) in [5.41, 5.74) is 9.98. The first kappa shape index (κ1) is 11.9. The number of hydrogen-bond donors (Lipinski definition) is 1. The van der Waals surface area contributed by atoms with Gasteiger partial charge in [0, 0.05) is 17.8 Å². The third-order valence-corrected chi connectivity index (χ3v) is 1.82. The Kier molecular flexibility index (Phi) is 5.12. The van der Waals surface area contributed by atoms with E-state index in [-0.39, 0.29) is 0 Å². The van der Waals surface area contributed by atoms with Crippen LogP contribution in [-0.2, 0) is 0 Å². The van der Waals surface area contributed by atoms with Gasteiger partial charge in [0.2, 0.25) is 0 Å². The summed E-state index contributed by atoms with van der Waals surface area (Å²) in [6, 6.07) is 0. The van der Waals surface area contributed by atoms with Crippen LogP contribution in [0.4, 0.5) is 0 Å². The van der Waals surface area contributed by atoms with Gasteiger partial charge in [-0.05, 0) is 34.6 Å². The van der Waals surface area contributed by atoms with Gasteiger partial charge in [-0.15, -0.1) is 0 Å². The van der Waals surface area contributed by atoms with E-state index < -0.39 is 0 Å². The van der Waals surface area contributed by atoms with Crippen molar-refractivity contribution in [2.24, 2.45) is 10.7 Å². The van der Waals surface area contributed by atoms with Crippen LogP contribution in [0.1, 0.15) is 41.0 Å². The van der Waals surface area contributed by atoms with E-state index in [0.717, 1.165) is 23.5 Å². The van der Waals surface area contributed by atoms with E-state index in [4.69, 9.17) is 5.73 Å². The summed E-state index contributed by atoms with van der Waals surface area (Å²) in [5, 5.41) is 0. The number of aliphatic imine (C=N–C) groups is 1. The third-order valence-electron chi connectivity index (χ3n) is 1.82. The summed E-state index contributed by atoms with van der Waals surface area (Å²) in [4.78, 5) is 4.31. The minimum absolute atomic E-state index is 0.819. The third kappa shape index (κ3) is 5.23. The van der Waals surface area contributed by atoms with Gasteiger partial charge in [-0.25, -0.2) is 0 Å². The molecule has 0 unspecified atom stereocenters. The Balaban J connectivity index is 4.54. The maximum Gasteiger partial charge on any atom is 0.0561 e. The van der Waals surface area contributed by atoms with Crippen LogP contribution < -0.4 is 5.73 Å². The highest BCUT2D eigenvalue weighted by Gasteiger charge is 1.97. The van der Waals surface area contributed by atoms with E-state index in [1.807, 2.05) is 27.7 Å². The maximum absolute atomic E-state index is 5.87. The number of allylic oxidation sites excluding steroid dienone is 3. The number of hydrogen-bond acceptors (Lipinski definition) is 2. The summed E-state index contributed by atoms with van der Waals surface area (Å²) < 4.78 is 0. The van der Waals surface area contributed by atoms with Crippen LogP contribution in [0.2, 0.25) is 0 Å². The fourth-order valence-corrected chi connectivity index (χ4v) is 0.938. The molecule has 0 radical (unpaired) electrons. The van der Waals surface area contributed by atoms with Gasteiger partial charge in [-0.3, -0.25) is 4.99 Å². The quantitative estimate of drug-likeness (QED) is 0.526. The SMILES string of the molecule is C/C=C(\C)C/C(N)=C(\C)N=C(C)C. The van der Waals surface area contributed by atoms with Crippen LogP contribution in [0, 0.1) is 0 Å². The van der Waals surface area contributed by atoms with Crippen molar-refractivity contribution >= 4 is 5.71 Å². The molecule has 0 amide bonds. The molecule has 0 saturated heterocycles. The zero-order chi connectivity index (χ0) is 10.4. The molecule has 0 aromatic heterocycles. The lowest BCUT2D eigenvalue weighted by Gasteiger charge is -2.04. The molecule has 0 aromatic rings. The van der Waals surface area contributed by atoms with Crippen molar-refractivity contribution in [3.63, 3.8) is 0 Å². The van der Waals surface area contributed by atoms with E-state index in [1.165, 1.54) is 5.57 Å². The number of nitrogens with zero attached hydrogens (tertiary/aromatic N) is 1. The van der Waals surface area contributed by atoms with Crippen molar-refractivity contribution in [2.75, 3.05) is 0 Å². The minimum Gasteiger partial charge on any atom is -0.400 e. The van der Waals surface area contributed by atoms with E-state index in [2.05, 4.69) is 18.0 Å². The zero-order valence-electron chi connectivity index (χ0n) is 9.31. The van der Waals surface area contributed by atoms with Crippen molar-refractivity contribution in [1.82, 2.24) is 0 Å². The summed E-state index contributed by atoms with van der Waals surface area (Å²) >= 11 is 0. The molecular weight excluding hydrogens is 160 g/mol. The van der Waals surface area contributed by atoms with Crippen LogP contribution >= 0.6 is 0 Å². The van der Waals surface area contributed by atoms with E-state index >= 15 is 0 Å². The molecule has 0 atom stereocenters. The van der Waals surface area contributed by atoms with Gasteiger partial charge in [-0.1, -0.05) is 11.6 Å². The Bertz CT molecular complexity index is 253. The van der Waals surface area contributed by atoms with Crippen molar-refractivity contribution in [2.45, 2.75) is 41.0 Å². The van der Waals surface area contributed by atoms with Crippen LogP contribution in [0.5, 0.6) is 0 Å². The molecule has 0 spiro atoms. The fraction of sp³-hybridized carbons (Fsp3) is 0.545. The van der Waals surface area contributed by atoms with Gasteiger partial charge >= 0.3 is 0 Å². The van der Waals surface area contributed by atoms with E-state index in [9.17, 15) is 0 Å². The molecule has 0 aromatic carbocycles. The first-order valence-corrected chi connectivity index (χ1v) is 4.56. The molecule has 0 saturated carbocycles. The average molecular weight is 180 g/mol. The molecule has 2 heteroatoms. The van der Waals surface area contributed by atoms with Gasteiger partial charge in [0.25, 0.3) is 0 Å². The normalized spacial score (nSPS) is 13.8. The Hall–Kier alpha value is -1.05. The van der Waals surface area contributed by atoms with Crippen LogP contribution in [-0.4, -0.2) is 5.71 Å². The van der Waals surface area contributed by atoms with Gasteiger partial charge in [0.1, 0.15) is 0 Å². The summed E-state index contributed by atoms with van der Waals surface area (Å²) in [5.74, 6) is 0. The largest absolute Gasteiger partial charge is 0.400 e. The molecule has 13 heavy (non-hydrogen) atoms. The highest BCUT2D eigenvalue weighted by Crippen LogP contribution is 2.10. The van der Waals surface area contributed by atoms with Crippen molar-refractivity contribution < 1.29 is 0 Å². The first-order valence-electron chi connectivity index (χ1n) is 4.56. The second kappa shape index (κ2) is 5.57. The number of rotatable bonds is 3. The van der Waals surface area contributed by atoms with E-state index in [0.29, 0.717) is 0 Å². The Morgan fingerprint density at radius 3 is 2.15 bits per heavy atom. The maximum atomic E-state index is 5.87. The lowest BCUT2D eigenvalue weighted by atomic mass is 10.1. The second-order valence-electron chi connectivity index (χ2n) is 3.48. The molecular formula is C11H20N2. The highest BCUT2D eigenvalue weighted by molar-refractivity contribution is 5.80. The van der Waals surface area contributed by atoms with Crippen LogP contribution in [0.25, 0.3) is 0 Å². The first-order chi connectivity index (χ1) is 5.97. The molecule has 0 aliphatic heterocycles. The molecule has 0 fully saturated rings. The number of nitrogens with two attached hydrogens (primary N) is 1. The van der Waals surface area contributed by atoms with Gasteiger partial charge in [0.15, 0.2) is 0 Å². The molecule has 0 rings (SSSR count). The summed E-state index contributed by atoms with van der Waals surface area (Å²) in [6.45, 7) is 9.98. The predicted octanol–water partition coefficient (Wildman–Crippen LogP) is 3.01. The smallest absolute Gasteiger partial charge is 0.0561 e. The zero-order valence-corrected chi connectivity index (χ0v) is 9.31. The Labute approximate surface area is 81.2 Å². The predicted molar refractivity (Wildman–Crippen MR) is 59.7 cm³/mol. The molecule has 0 aliphatic rings. The Morgan fingerprint density at radius 1 is 1.23 bits per heavy atom. The van der Waals surface area contributed by atoms with Crippen LogP contribution in [0.3, 0.4) is 0 Å². The van der Waals surface area contributed by atoms with E-state index in [1.54, 1.807) is 0 Å². The minimum atomic E-state index is 0.819. The molecule has 0 heterocycles. The monoisotopic (exact) mass is 180 g/mol. The van der Waals surface area contributed by atoms with Crippen molar-refractivity contribution in [1.29, 1.82) is 0 Å². The fourth-order valence-electron chi connectivity index (χ4n) is 0.938. The van der Waals surface area contributed by atoms with Crippen molar-refractivity contribution in [3.05, 3.63) is 23.0 Å². The molecule has 74 valence electrons. The Morgan fingerprint density at radius 2 is 1.77 bits per heavy atom. The van der Waals surface area contributed by atoms with Gasteiger partial charge < -0.3 is 5.73 Å². The molecule has 2 N–H and O–H groups in total. The average Bonchev–Trinajstić information content (AvgIpc) is 2.02. The molecule has 0 aliphatic carbocycles. The summed E-state index contributed by atoms with van der Waals surface area (Å²) in [6.07, 6.45) is 2.89. The van der Waals surface area contributed by atoms with Gasteiger partial charge in [-0.2, -0.15) is 0 Å². The summed E-state index contributed by atoms with van der Waals surface area (Å²) in [7, 11) is 0. The second-order valence-corrected chi connectivity index (χ2v) is 3.48. The highest BCUT2D eigenvalue weighted by atomic mass is 14.8. The topological polar surface area (TPSA) is 38.4 Å².